The standard InChI is InChI=1S/C24H18Cl2N4O2S2/c1-14-29-30-24(33-14)28-23(32)21(15-6-3-2-4-7-15)34-18-9-5-8-17(13-18)27-22(31)19-11-10-16(25)12-20(19)26/h2-13,21H,1H3,(H,27,31)(H,28,30,32). The summed E-state index contributed by atoms with van der Waals surface area (Å²) < 4.78 is 0. The number of thioether (sulfide) groups is 1. The number of nitrogens with zero attached hydrogens (tertiary/aromatic N) is 2. The van der Waals surface area contributed by atoms with Crippen molar-refractivity contribution >= 4 is 68.9 Å². The van der Waals surface area contributed by atoms with E-state index in [0.29, 0.717) is 21.4 Å². The lowest BCUT2D eigenvalue weighted by Gasteiger charge is -2.17. The average Bonchev–Trinajstić information content (AvgIpc) is 3.22. The van der Waals surface area contributed by atoms with Gasteiger partial charge in [0, 0.05) is 15.6 Å². The summed E-state index contributed by atoms with van der Waals surface area (Å²) in [5.41, 5.74) is 1.74. The summed E-state index contributed by atoms with van der Waals surface area (Å²) >= 11 is 14.8. The number of aromatic nitrogens is 2. The van der Waals surface area contributed by atoms with E-state index in [2.05, 4.69) is 20.8 Å². The van der Waals surface area contributed by atoms with E-state index >= 15 is 0 Å². The summed E-state index contributed by atoms with van der Waals surface area (Å²) in [5.74, 6) is -0.567. The van der Waals surface area contributed by atoms with Crippen LogP contribution in [0.5, 0.6) is 0 Å². The molecule has 4 aromatic rings. The van der Waals surface area contributed by atoms with Crippen LogP contribution in [0.15, 0.2) is 77.7 Å². The van der Waals surface area contributed by atoms with E-state index in [0.717, 1.165) is 15.5 Å². The van der Waals surface area contributed by atoms with Gasteiger partial charge in [-0.1, -0.05) is 70.9 Å². The second-order valence-electron chi connectivity index (χ2n) is 7.13. The maximum Gasteiger partial charge on any atom is 0.257 e. The molecule has 0 aliphatic rings. The van der Waals surface area contributed by atoms with Gasteiger partial charge in [0.1, 0.15) is 10.3 Å². The predicted octanol–water partition coefficient (Wildman–Crippen LogP) is 6.88. The van der Waals surface area contributed by atoms with Crippen LogP contribution in [0.4, 0.5) is 10.8 Å². The molecule has 0 bridgehead atoms. The minimum Gasteiger partial charge on any atom is -0.322 e. The molecule has 34 heavy (non-hydrogen) atoms. The predicted molar refractivity (Wildman–Crippen MR) is 139 cm³/mol. The maximum absolute atomic E-state index is 13.2. The van der Waals surface area contributed by atoms with Gasteiger partial charge in [0.05, 0.1) is 10.6 Å². The van der Waals surface area contributed by atoms with Crippen LogP contribution in [0.3, 0.4) is 0 Å². The van der Waals surface area contributed by atoms with Gasteiger partial charge in [-0.25, -0.2) is 0 Å². The smallest absolute Gasteiger partial charge is 0.257 e. The second-order valence-corrected chi connectivity index (χ2v) is 10.3. The molecular weight excluding hydrogens is 511 g/mol. The van der Waals surface area contributed by atoms with E-state index in [1.54, 1.807) is 18.2 Å². The molecule has 0 radical (unpaired) electrons. The number of halogens is 2. The number of anilines is 2. The Bertz CT molecular complexity index is 1330. The fourth-order valence-corrected chi connectivity index (χ4v) is 5.25. The van der Waals surface area contributed by atoms with Crippen molar-refractivity contribution in [3.8, 4) is 0 Å². The maximum atomic E-state index is 13.2. The number of hydrogen-bond donors (Lipinski definition) is 2. The Morgan fingerprint density at radius 3 is 2.44 bits per heavy atom. The Kier molecular flexibility index (Phi) is 7.84. The first kappa shape index (κ1) is 24.2. The lowest BCUT2D eigenvalue weighted by molar-refractivity contribution is -0.115. The van der Waals surface area contributed by atoms with Crippen molar-refractivity contribution in [1.29, 1.82) is 0 Å². The molecule has 0 fully saturated rings. The normalized spacial score (nSPS) is 11.6. The van der Waals surface area contributed by atoms with E-state index in [1.165, 1.54) is 29.2 Å². The molecule has 1 atom stereocenters. The zero-order chi connectivity index (χ0) is 24.1. The highest BCUT2D eigenvalue weighted by Crippen LogP contribution is 2.37. The molecule has 0 saturated heterocycles. The van der Waals surface area contributed by atoms with Crippen LogP contribution in [0.1, 0.15) is 26.2 Å². The Labute approximate surface area is 214 Å². The molecule has 3 aromatic carbocycles. The van der Waals surface area contributed by atoms with Gasteiger partial charge >= 0.3 is 0 Å². The number of aryl methyl sites for hydroxylation is 1. The number of carbonyl (C=O) groups is 2. The van der Waals surface area contributed by atoms with Crippen molar-refractivity contribution in [2.24, 2.45) is 0 Å². The van der Waals surface area contributed by atoms with Crippen LogP contribution in [0.2, 0.25) is 10.0 Å². The molecule has 172 valence electrons. The molecule has 1 heterocycles. The van der Waals surface area contributed by atoms with Gasteiger partial charge in [-0.3, -0.25) is 14.9 Å². The van der Waals surface area contributed by atoms with Crippen LogP contribution < -0.4 is 10.6 Å². The number of hydrogen-bond acceptors (Lipinski definition) is 6. The fraction of sp³-hybridized carbons (Fsp3) is 0.0833. The third-order valence-corrected chi connectivity index (χ3v) is 7.17. The van der Waals surface area contributed by atoms with Crippen LogP contribution in [0.25, 0.3) is 0 Å². The second kappa shape index (κ2) is 11.0. The number of carbonyl (C=O) groups excluding carboxylic acids is 2. The van der Waals surface area contributed by atoms with Gasteiger partial charge in [-0.15, -0.1) is 22.0 Å². The first-order chi connectivity index (χ1) is 16.4. The van der Waals surface area contributed by atoms with Crippen LogP contribution in [-0.4, -0.2) is 22.0 Å². The van der Waals surface area contributed by atoms with Crippen molar-refractivity contribution in [3.63, 3.8) is 0 Å². The third-order valence-electron chi connectivity index (χ3n) is 4.62. The Morgan fingerprint density at radius 1 is 0.941 bits per heavy atom. The van der Waals surface area contributed by atoms with Gasteiger partial charge in [-0.05, 0) is 48.9 Å². The Balaban J connectivity index is 1.54. The van der Waals surface area contributed by atoms with Crippen molar-refractivity contribution in [2.45, 2.75) is 17.1 Å². The molecule has 4 rings (SSSR count). The van der Waals surface area contributed by atoms with Crippen molar-refractivity contribution < 1.29 is 9.59 Å². The van der Waals surface area contributed by atoms with E-state index < -0.39 is 5.25 Å². The zero-order valence-corrected chi connectivity index (χ0v) is 20.9. The molecule has 10 heteroatoms. The highest BCUT2D eigenvalue weighted by molar-refractivity contribution is 8.00. The number of rotatable bonds is 7. The van der Waals surface area contributed by atoms with Crippen molar-refractivity contribution in [1.82, 2.24) is 10.2 Å². The molecule has 2 N–H and O–H groups in total. The Morgan fingerprint density at radius 2 is 1.74 bits per heavy atom. The summed E-state index contributed by atoms with van der Waals surface area (Å²) in [4.78, 5) is 26.6. The largest absolute Gasteiger partial charge is 0.322 e. The number of benzene rings is 3. The molecule has 1 unspecified atom stereocenters. The Hall–Kier alpha value is -2.91. The number of amides is 2. The monoisotopic (exact) mass is 528 g/mol. The van der Waals surface area contributed by atoms with E-state index in [4.69, 9.17) is 23.2 Å². The quantitative estimate of drug-likeness (QED) is 0.255. The fourth-order valence-electron chi connectivity index (χ4n) is 3.07. The summed E-state index contributed by atoms with van der Waals surface area (Å²) in [6.07, 6.45) is 0. The topological polar surface area (TPSA) is 84.0 Å². The minimum absolute atomic E-state index is 0.213. The van der Waals surface area contributed by atoms with Gasteiger partial charge in [0.25, 0.3) is 5.91 Å². The van der Waals surface area contributed by atoms with Gasteiger partial charge in [0.2, 0.25) is 11.0 Å². The highest BCUT2D eigenvalue weighted by Gasteiger charge is 2.23. The average molecular weight is 529 g/mol. The van der Waals surface area contributed by atoms with Crippen LogP contribution in [-0.2, 0) is 4.79 Å². The molecule has 0 spiro atoms. The summed E-state index contributed by atoms with van der Waals surface area (Å²) in [6, 6.07) is 21.5. The van der Waals surface area contributed by atoms with Crippen molar-refractivity contribution in [2.75, 3.05) is 10.6 Å². The summed E-state index contributed by atoms with van der Waals surface area (Å²) in [6.45, 7) is 1.83. The highest BCUT2D eigenvalue weighted by atomic mass is 35.5. The molecular formula is C24H18Cl2N4O2S2. The van der Waals surface area contributed by atoms with Crippen LogP contribution in [0, 0.1) is 6.92 Å². The molecule has 0 saturated carbocycles. The summed E-state index contributed by atoms with van der Waals surface area (Å²) in [5, 5.41) is 15.0. The minimum atomic E-state index is -0.540. The molecule has 6 nitrogen and oxygen atoms in total. The molecule has 0 aliphatic heterocycles. The van der Waals surface area contributed by atoms with Crippen molar-refractivity contribution in [3.05, 3.63) is 99.0 Å². The first-order valence-electron chi connectivity index (χ1n) is 10.1. The zero-order valence-electron chi connectivity index (χ0n) is 17.8. The molecule has 2 amide bonds. The third kappa shape index (κ3) is 6.15. The van der Waals surface area contributed by atoms with Crippen LogP contribution >= 0.6 is 46.3 Å². The van der Waals surface area contributed by atoms with Gasteiger partial charge in [0.15, 0.2) is 0 Å². The van der Waals surface area contributed by atoms with E-state index in [-0.39, 0.29) is 16.8 Å². The molecule has 1 aromatic heterocycles. The van der Waals surface area contributed by atoms with E-state index in [9.17, 15) is 9.59 Å². The van der Waals surface area contributed by atoms with E-state index in [1.807, 2.05) is 55.5 Å². The van der Waals surface area contributed by atoms with Gasteiger partial charge < -0.3 is 5.32 Å². The SMILES string of the molecule is Cc1nnc(NC(=O)C(Sc2cccc(NC(=O)c3ccc(Cl)cc3Cl)c2)c2ccccc2)s1. The molecule has 0 aliphatic carbocycles. The summed E-state index contributed by atoms with van der Waals surface area (Å²) in [7, 11) is 0. The number of nitrogens with one attached hydrogen (secondary N) is 2. The lowest BCUT2D eigenvalue weighted by Crippen LogP contribution is -2.19. The lowest BCUT2D eigenvalue weighted by atomic mass is 10.1. The van der Waals surface area contributed by atoms with Gasteiger partial charge in [-0.2, -0.15) is 0 Å². The first-order valence-corrected chi connectivity index (χ1v) is 12.5.